The van der Waals surface area contributed by atoms with Crippen molar-refractivity contribution in [2.45, 2.75) is 27.3 Å². The van der Waals surface area contributed by atoms with Gasteiger partial charge in [-0.2, -0.15) is 0 Å². The minimum atomic E-state index is -2.36. The molecule has 0 bridgehead atoms. The Morgan fingerprint density at radius 3 is 1.65 bits per heavy atom. The van der Waals surface area contributed by atoms with E-state index in [-0.39, 0.29) is 0 Å². The molecule has 0 aromatic heterocycles. The zero-order chi connectivity index (χ0) is 18.5. The molecule has 3 aromatic carbocycles. The van der Waals surface area contributed by atoms with Gasteiger partial charge in [0.25, 0.3) is 0 Å². The average molecular weight is 539 g/mol. The zero-order valence-electron chi connectivity index (χ0n) is 16.2. The second-order valence-corrected chi connectivity index (χ2v) is 15.1. The first kappa shape index (κ1) is 19.3. The van der Waals surface area contributed by atoms with Gasteiger partial charge in [-0.15, -0.1) is 0 Å². The van der Waals surface area contributed by atoms with Crippen molar-refractivity contribution in [2.24, 2.45) is 0 Å². The fourth-order valence-electron chi connectivity index (χ4n) is 3.28. The molecule has 0 saturated heterocycles. The van der Waals surface area contributed by atoms with Crippen LogP contribution in [0.2, 0.25) is 0 Å². The van der Waals surface area contributed by atoms with E-state index in [0.717, 1.165) is 13.1 Å². The molecule has 0 fully saturated rings. The van der Waals surface area contributed by atoms with Crippen molar-refractivity contribution >= 4 is 31.6 Å². The third-order valence-corrected chi connectivity index (χ3v) is 16.1. The van der Waals surface area contributed by atoms with E-state index >= 15 is 0 Å². The van der Waals surface area contributed by atoms with Crippen LogP contribution in [0.1, 0.15) is 23.6 Å². The van der Waals surface area contributed by atoms with Crippen LogP contribution in [0.15, 0.2) is 72.8 Å². The maximum atomic E-state index is 2.40. The van der Waals surface area contributed by atoms with E-state index in [1.54, 1.807) is 9.81 Å². The molecule has 1 nitrogen and oxygen atoms in total. The number of nitrogens with zero attached hydrogens (tertiary/aromatic N) is 1. The molecule has 26 heavy (non-hydrogen) atoms. The van der Waals surface area contributed by atoms with E-state index in [9.17, 15) is 0 Å². The second kappa shape index (κ2) is 8.93. The summed E-state index contributed by atoms with van der Waals surface area (Å²) in [6.07, 6.45) is 0. The van der Waals surface area contributed by atoms with Gasteiger partial charge in [-0.25, -0.2) is 0 Å². The van der Waals surface area contributed by atoms with Crippen LogP contribution in [0.5, 0.6) is 0 Å². The van der Waals surface area contributed by atoms with Crippen LogP contribution in [0.25, 0.3) is 0 Å². The van der Waals surface area contributed by atoms with E-state index in [4.69, 9.17) is 0 Å². The van der Waals surface area contributed by atoms with Gasteiger partial charge in [-0.1, -0.05) is 0 Å². The van der Waals surface area contributed by atoms with Crippen LogP contribution in [-0.2, 0) is 6.54 Å². The Morgan fingerprint density at radius 1 is 0.692 bits per heavy atom. The molecular formula is C24H28BiN. The third kappa shape index (κ3) is 4.25. The standard InChI is InChI=1S/C10H14N.2C7H7.Bi/c1-3-11(2)9-10-7-5-4-6-8-10;2*1-7-5-3-2-4-6-7;/h4-7H,3,9H2,1-2H3;2*2-5H,1H3;. The summed E-state index contributed by atoms with van der Waals surface area (Å²) in [6, 6.07) is 27.2. The predicted molar refractivity (Wildman–Crippen MR) is 115 cm³/mol. The summed E-state index contributed by atoms with van der Waals surface area (Å²) in [5, 5.41) is 0. The number of aryl methyl sites for hydroxylation is 2. The Balaban J connectivity index is 2.20. The van der Waals surface area contributed by atoms with Crippen LogP contribution in [0.3, 0.4) is 0 Å². The van der Waals surface area contributed by atoms with Gasteiger partial charge in [0.1, 0.15) is 0 Å². The SMILES string of the molecule is CCN(C)Cc1cccc[c]1[Bi]([c]1ccccc1C)[c]1ccccc1C. The van der Waals surface area contributed by atoms with Crippen molar-refractivity contribution in [3.8, 4) is 0 Å². The Hall–Kier alpha value is -1.50. The normalized spacial score (nSPS) is 11.3. The quantitative estimate of drug-likeness (QED) is 0.435. The molecule has 0 atom stereocenters. The van der Waals surface area contributed by atoms with E-state index in [1.807, 2.05) is 0 Å². The van der Waals surface area contributed by atoms with Gasteiger partial charge in [0.15, 0.2) is 0 Å². The van der Waals surface area contributed by atoms with Gasteiger partial charge >= 0.3 is 167 Å². The monoisotopic (exact) mass is 539 g/mol. The van der Waals surface area contributed by atoms with E-state index < -0.39 is 21.8 Å². The van der Waals surface area contributed by atoms with Gasteiger partial charge in [-0.3, -0.25) is 0 Å². The molecule has 0 saturated carbocycles. The van der Waals surface area contributed by atoms with Crippen LogP contribution in [-0.4, -0.2) is 40.2 Å². The van der Waals surface area contributed by atoms with Crippen molar-refractivity contribution in [2.75, 3.05) is 13.6 Å². The molecule has 3 aromatic rings. The summed E-state index contributed by atoms with van der Waals surface area (Å²) in [5.41, 5.74) is 4.38. The molecule has 0 aliphatic heterocycles. The summed E-state index contributed by atoms with van der Waals surface area (Å²) in [7, 11) is 2.21. The fraction of sp³-hybridized carbons (Fsp3) is 0.250. The molecule has 0 N–H and O–H groups in total. The number of hydrogen-bond acceptors (Lipinski definition) is 1. The van der Waals surface area contributed by atoms with Crippen molar-refractivity contribution in [3.63, 3.8) is 0 Å². The molecule has 0 unspecified atom stereocenters. The summed E-state index contributed by atoms with van der Waals surface area (Å²) in [6.45, 7) is 8.87. The first-order chi connectivity index (χ1) is 12.6. The maximum absolute atomic E-state index is 2.40. The fourth-order valence-corrected chi connectivity index (χ4v) is 14.1. The summed E-state index contributed by atoms with van der Waals surface area (Å²) < 4.78 is 4.82. The molecule has 2 heteroatoms. The van der Waals surface area contributed by atoms with Crippen LogP contribution < -0.4 is 9.81 Å². The Bertz CT molecular complexity index is 826. The van der Waals surface area contributed by atoms with Gasteiger partial charge in [0.2, 0.25) is 0 Å². The van der Waals surface area contributed by atoms with Crippen LogP contribution >= 0.6 is 0 Å². The molecule has 0 radical (unpaired) electrons. The molecule has 0 amide bonds. The summed E-state index contributed by atoms with van der Waals surface area (Å²) in [4.78, 5) is 2.40. The van der Waals surface area contributed by atoms with Crippen molar-refractivity contribution in [1.29, 1.82) is 0 Å². The van der Waals surface area contributed by atoms with Crippen molar-refractivity contribution in [1.82, 2.24) is 4.90 Å². The molecule has 0 heterocycles. The van der Waals surface area contributed by atoms with Crippen LogP contribution in [0.4, 0.5) is 0 Å². The minimum absolute atomic E-state index is 1.02. The average Bonchev–Trinajstić information content (AvgIpc) is 2.66. The molecule has 134 valence electrons. The molecule has 0 spiro atoms. The first-order valence-corrected chi connectivity index (χ1v) is 14.5. The van der Waals surface area contributed by atoms with Crippen molar-refractivity contribution in [3.05, 3.63) is 89.5 Å². The second-order valence-electron chi connectivity index (χ2n) is 6.87. The third-order valence-electron chi connectivity index (χ3n) is 4.93. The number of rotatable bonds is 6. The number of benzene rings is 3. The molecule has 0 aliphatic carbocycles. The summed E-state index contributed by atoms with van der Waals surface area (Å²) in [5.74, 6) is 0. The summed E-state index contributed by atoms with van der Waals surface area (Å²) >= 11 is -2.36. The Morgan fingerprint density at radius 2 is 1.15 bits per heavy atom. The number of hydrogen-bond donors (Lipinski definition) is 0. The zero-order valence-corrected chi connectivity index (χ0v) is 19.7. The Labute approximate surface area is 166 Å². The van der Waals surface area contributed by atoms with Gasteiger partial charge < -0.3 is 0 Å². The molecule has 0 aliphatic rings. The van der Waals surface area contributed by atoms with Crippen molar-refractivity contribution < 1.29 is 0 Å². The van der Waals surface area contributed by atoms with Gasteiger partial charge in [-0.05, 0) is 0 Å². The van der Waals surface area contributed by atoms with Gasteiger partial charge in [0, 0.05) is 0 Å². The Kier molecular flexibility index (Phi) is 6.62. The first-order valence-electron chi connectivity index (χ1n) is 9.29. The van der Waals surface area contributed by atoms with Crippen LogP contribution in [0, 0.1) is 13.8 Å². The topological polar surface area (TPSA) is 3.24 Å². The predicted octanol–water partition coefficient (Wildman–Crippen LogP) is 3.27. The van der Waals surface area contributed by atoms with E-state index in [0.29, 0.717) is 0 Å². The molecular weight excluding hydrogens is 511 g/mol. The van der Waals surface area contributed by atoms with E-state index in [2.05, 4.69) is 106 Å². The van der Waals surface area contributed by atoms with Gasteiger partial charge in [0.05, 0.1) is 0 Å². The molecule has 3 rings (SSSR count). The van der Waals surface area contributed by atoms with E-state index in [1.165, 1.54) is 16.7 Å².